The van der Waals surface area contributed by atoms with Crippen molar-refractivity contribution >= 4 is 15.7 Å². The van der Waals surface area contributed by atoms with Crippen LogP contribution in [0.5, 0.6) is 5.88 Å². The lowest BCUT2D eigenvalue weighted by Crippen LogP contribution is -2.13. The summed E-state index contributed by atoms with van der Waals surface area (Å²) in [5.41, 5.74) is 0.362. The second-order valence-corrected chi connectivity index (χ2v) is 5.62. The van der Waals surface area contributed by atoms with E-state index in [0.29, 0.717) is 30.4 Å². The molecule has 0 radical (unpaired) electrons. The van der Waals surface area contributed by atoms with E-state index in [2.05, 4.69) is 19.7 Å². The van der Waals surface area contributed by atoms with Crippen LogP contribution in [0, 0.1) is 0 Å². The van der Waals surface area contributed by atoms with Crippen LogP contribution in [0.1, 0.15) is 19.7 Å². The second-order valence-electron chi connectivity index (χ2n) is 3.97. The Morgan fingerprint density at radius 3 is 2.60 bits per heavy atom. The first-order chi connectivity index (χ1) is 9.55. The summed E-state index contributed by atoms with van der Waals surface area (Å²) in [5.74, 6) is 1.07. The smallest absolute Gasteiger partial charge is 0.279 e. The zero-order chi connectivity index (χ0) is 14.6. The lowest BCUT2D eigenvalue weighted by molar-refractivity contribution is 0.327. The molecule has 0 fully saturated rings. The zero-order valence-electron chi connectivity index (χ0n) is 11.3. The van der Waals surface area contributed by atoms with Gasteiger partial charge in [0.15, 0.2) is 5.03 Å². The summed E-state index contributed by atoms with van der Waals surface area (Å²) in [5, 5.41) is 0.0308. The van der Waals surface area contributed by atoms with E-state index in [-0.39, 0.29) is 5.03 Å². The van der Waals surface area contributed by atoms with Gasteiger partial charge < -0.3 is 9.72 Å². The highest BCUT2D eigenvalue weighted by Crippen LogP contribution is 2.16. The summed E-state index contributed by atoms with van der Waals surface area (Å²) in [6.45, 7) is 4.24. The second kappa shape index (κ2) is 5.91. The maximum Gasteiger partial charge on any atom is 0.279 e. The highest BCUT2D eigenvalue weighted by Gasteiger charge is 2.17. The van der Waals surface area contributed by atoms with Crippen molar-refractivity contribution in [3.63, 3.8) is 0 Å². The van der Waals surface area contributed by atoms with E-state index in [1.807, 2.05) is 13.8 Å². The summed E-state index contributed by atoms with van der Waals surface area (Å²) >= 11 is 0. The van der Waals surface area contributed by atoms with Gasteiger partial charge in [-0.2, -0.15) is 8.42 Å². The van der Waals surface area contributed by atoms with Gasteiger partial charge in [0.05, 0.1) is 24.7 Å². The molecule has 2 aromatic rings. The topological polar surface area (TPSA) is 97.0 Å². The first-order valence-electron chi connectivity index (χ1n) is 6.20. The maximum atomic E-state index is 12.1. The van der Waals surface area contributed by atoms with Crippen LogP contribution in [-0.4, -0.2) is 30.0 Å². The number of hydrogen-bond donors (Lipinski definition) is 2. The molecule has 0 saturated carbocycles. The van der Waals surface area contributed by atoms with Gasteiger partial charge in [-0.15, -0.1) is 0 Å². The summed E-state index contributed by atoms with van der Waals surface area (Å²) < 4.78 is 31.8. The van der Waals surface area contributed by atoms with Crippen LogP contribution >= 0.6 is 0 Å². The highest BCUT2D eigenvalue weighted by atomic mass is 32.2. The summed E-state index contributed by atoms with van der Waals surface area (Å²) in [4.78, 5) is 10.7. The third kappa shape index (κ3) is 3.27. The van der Waals surface area contributed by atoms with E-state index < -0.39 is 10.0 Å². The van der Waals surface area contributed by atoms with E-state index in [9.17, 15) is 8.42 Å². The summed E-state index contributed by atoms with van der Waals surface area (Å²) in [6, 6.07) is 3.19. The zero-order valence-corrected chi connectivity index (χ0v) is 12.1. The molecule has 0 spiro atoms. The molecule has 0 unspecified atom stereocenters. The molecular formula is C12H16N4O3S. The molecule has 2 N–H and O–H groups in total. The Kier molecular flexibility index (Phi) is 4.23. The number of anilines is 1. The molecule has 7 nitrogen and oxygen atoms in total. The Morgan fingerprint density at radius 1 is 1.25 bits per heavy atom. The largest absolute Gasteiger partial charge is 0.478 e. The van der Waals surface area contributed by atoms with Crippen molar-refractivity contribution in [3.8, 4) is 5.88 Å². The minimum Gasteiger partial charge on any atom is -0.478 e. The number of pyridine rings is 1. The summed E-state index contributed by atoms with van der Waals surface area (Å²) in [7, 11) is -3.68. The van der Waals surface area contributed by atoms with Gasteiger partial charge in [0, 0.05) is 12.5 Å². The average molecular weight is 296 g/mol. The number of ether oxygens (including phenoxy) is 1. The van der Waals surface area contributed by atoms with Gasteiger partial charge in [0.2, 0.25) is 5.88 Å². The monoisotopic (exact) mass is 296 g/mol. The predicted molar refractivity (Wildman–Crippen MR) is 74.2 cm³/mol. The van der Waals surface area contributed by atoms with Gasteiger partial charge in [-0.3, -0.25) is 4.72 Å². The van der Waals surface area contributed by atoms with E-state index in [0.717, 1.165) is 0 Å². The lowest BCUT2D eigenvalue weighted by atomic mass is 10.4. The molecule has 108 valence electrons. The van der Waals surface area contributed by atoms with Gasteiger partial charge in [-0.25, -0.2) is 9.97 Å². The number of rotatable bonds is 6. The number of sulfonamides is 1. The third-order valence-corrected chi connectivity index (χ3v) is 3.80. The molecule has 0 saturated heterocycles. The van der Waals surface area contributed by atoms with Gasteiger partial charge in [-0.1, -0.05) is 6.92 Å². The Bertz CT molecular complexity index is 664. The van der Waals surface area contributed by atoms with Crippen molar-refractivity contribution in [2.75, 3.05) is 11.3 Å². The minimum atomic E-state index is -3.68. The number of aryl methyl sites for hydroxylation is 1. The molecule has 8 heteroatoms. The molecule has 0 aromatic carbocycles. The Labute approximate surface area is 117 Å². The van der Waals surface area contributed by atoms with Crippen LogP contribution in [0.3, 0.4) is 0 Å². The van der Waals surface area contributed by atoms with Crippen LogP contribution in [0.15, 0.2) is 29.6 Å². The van der Waals surface area contributed by atoms with Crippen molar-refractivity contribution < 1.29 is 13.2 Å². The lowest BCUT2D eigenvalue weighted by Gasteiger charge is -2.06. The van der Waals surface area contributed by atoms with Crippen LogP contribution in [0.25, 0.3) is 0 Å². The fourth-order valence-electron chi connectivity index (χ4n) is 1.54. The van der Waals surface area contributed by atoms with Crippen LogP contribution in [0.4, 0.5) is 5.69 Å². The predicted octanol–water partition coefficient (Wildman–Crippen LogP) is 1.57. The molecule has 0 atom stereocenters. The summed E-state index contributed by atoms with van der Waals surface area (Å²) in [6.07, 6.45) is 3.34. The van der Waals surface area contributed by atoms with Gasteiger partial charge in [-0.05, 0) is 13.0 Å². The van der Waals surface area contributed by atoms with Crippen molar-refractivity contribution in [3.05, 3.63) is 30.4 Å². The average Bonchev–Trinajstić information content (AvgIpc) is 2.91. The molecule has 2 aromatic heterocycles. The normalized spacial score (nSPS) is 11.3. The number of aromatic amines is 1. The molecule has 0 bridgehead atoms. The van der Waals surface area contributed by atoms with E-state index >= 15 is 0 Å². The molecule has 0 aliphatic rings. The van der Waals surface area contributed by atoms with E-state index in [1.54, 1.807) is 12.1 Å². The van der Waals surface area contributed by atoms with Gasteiger partial charge in [0.1, 0.15) is 5.82 Å². The molecule has 0 aliphatic carbocycles. The van der Waals surface area contributed by atoms with E-state index in [4.69, 9.17) is 4.74 Å². The number of nitrogens with zero attached hydrogens (tertiary/aromatic N) is 2. The van der Waals surface area contributed by atoms with Crippen molar-refractivity contribution in [2.24, 2.45) is 0 Å². The molecule has 0 amide bonds. The van der Waals surface area contributed by atoms with Crippen molar-refractivity contribution in [1.82, 2.24) is 15.0 Å². The van der Waals surface area contributed by atoms with Crippen LogP contribution < -0.4 is 9.46 Å². The van der Waals surface area contributed by atoms with Gasteiger partial charge >= 0.3 is 0 Å². The highest BCUT2D eigenvalue weighted by molar-refractivity contribution is 7.92. The fraction of sp³-hybridized carbons (Fsp3) is 0.333. The van der Waals surface area contributed by atoms with Gasteiger partial charge in [0.25, 0.3) is 10.0 Å². The first-order valence-corrected chi connectivity index (χ1v) is 7.69. The van der Waals surface area contributed by atoms with Crippen LogP contribution in [0.2, 0.25) is 0 Å². The molecule has 2 rings (SSSR count). The Morgan fingerprint density at radius 2 is 2.05 bits per heavy atom. The first kappa shape index (κ1) is 14.3. The number of imidazole rings is 1. The fourth-order valence-corrected chi connectivity index (χ4v) is 2.53. The Balaban J connectivity index is 2.15. The van der Waals surface area contributed by atoms with Crippen molar-refractivity contribution in [1.29, 1.82) is 0 Å². The maximum absolute atomic E-state index is 12.1. The van der Waals surface area contributed by atoms with E-state index in [1.165, 1.54) is 12.4 Å². The molecule has 20 heavy (non-hydrogen) atoms. The number of nitrogens with one attached hydrogen (secondary N) is 2. The molecular weight excluding hydrogens is 280 g/mol. The molecule has 2 heterocycles. The Hall–Kier alpha value is -2.09. The SMILES string of the molecule is CCOc1ccc(NS(=O)(=O)c2cnc(CC)[nH]2)cn1. The number of hydrogen-bond acceptors (Lipinski definition) is 5. The van der Waals surface area contributed by atoms with Crippen LogP contribution in [-0.2, 0) is 16.4 Å². The third-order valence-electron chi connectivity index (χ3n) is 2.51. The number of aromatic nitrogens is 3. The van der Waals surface area contributed by atoms with Crippen molar-refractivity contribution in [2.45, 2.75) is 25.3 Å². The quantitative estimate of drug-likeness (QED) is 0.843. The number of H-pyrrole nitrogens is 1. The molecule has 0 aliphatic heterocycles. The standard InChI is InChI=1S/C12H16N4O3S/c1-3-10-13-8-12(15-10)20(17,18)16-9-5-6-11(14-7-9)19-4-2/h5-8,16H,3-4H2,1-2H3,(H,13,15). The minimum absolute atomic E-state index is 0.0308.